The fourth-order valence-electron chi connectivity index (χ4n) is 2.63. The smallest absolute Gasteiger partial charge is 0.258 e. The minimum atomic E-state index is -0.300. The van der Waals surface area contributed by atoms with Crippen LogP contribution in [0.2, 0.25) is 0 Å². The van der Waals surface area contributed by atoms with Crippen molar-refractivity contribution in [2.24, 2.45) is 0 Å². The van der Waals surface area contributed by atoms with E-state index in [2.05, 4.69) is 33.5 Å². The van der Waals surface area contributed by atoms with E-state index in [0.717, 1.165) is 16.6 Å². The molecule has 6 heteroatoms. The first kappa shape index (κ1) is 14.6. The van der Waals surface area contributed by atoms with Gasteiger partial charge in [-0.25, -0.2) is 9.37 Å². The molecule has 0 N–H and O–H groups in total. The maximum atomic E-state index is 13.0. The van der Waals surface area contributed by atoms with Crippen LogP contribution >= 0.6 is 0 Å². The second kappa shape index (κ2) is 5.56. The maximum absolute atomic E-state index is 13.0. The van der Waals surface area contributed by atoms with Crippen LogP contribution in [0.5, 0.6) is 0 Å². The molecule has 5 nitrogen and oxygen atoms in total. The van der Waals surface area contributed by atoms with Gasteiger partial charge in [-0.15, -0.1) is 0 Å². The minimum absolute atomic E-state index is 0.300. The van der Waals surface area contributed by atoms with Crippen LogP contribution in [0, 0.1) is 5.82 Å². The molecule has 24 heavy (non-hydrogen) atoms. The van der Waals surface area contributed by atoms with Gasteiger partial charge in [0.15, 0.2) is 0 Å². The van der Waals surface area contributed by atoms with E-state index in [1.54, 1.807) is 12.1 Å². The molecule has 0 unspecified atom stereocenters. The molecule has 0 radical (unpaired) electrons. The zero-order valence-corrected chi connectivity index (χ0v) is 13.3. The fourth-order valence-corrected chi connectivity index (χ4v) is 2.63. The average molecular weight is 322 g/mol. The summed E-state index contributed by atoms with van der Waals surface area (Å²) in [5, 5.41) is 4.04. The largest absolute Gasteiger partial charge is 0.334 e. The number of halogens is 1. The first-order valence-electron chi connectivity index (χ1n) is 7.68. The van der Waals surface area contributed by atoms with Gasteiger partial charge in [0.05, 0.1) is 17.4 Å². The highest BCUT2D eigenvalue weighted by Crippen LogP contribution is 2.26. The lowest BCUT2D eigenvalue weighted by atomic mass is 10.2. The van der Waals surface area contributed by atoms with Gasteiger partial charge in [-0.05, 0) is 56.3 Å². The summed E-state index contributed by atoms with van der Waals surface area (Å²) in [4.78, 5) is 8.82. The Balaban J connectivity index is 1.75. The lowest BCUT2D eigenvalue weighted by Gasteiger charge is -2.07. The predicted octanol–water partition coefficient (Wildman–Crippen LogP) is 4.47. The van der Waals surface area contributed by atoms with Gasteiger partial charge in [-0.1, -0.05) is 5.16 Å². The summed E-state index contributed by atoms with van der Waals surface area (Å²) in [5.74, 6) is 0.557. The Morgan fingerprint density at radius 2 is 1.79 bits per heavy atom. The van der Waals surface area contributed by atoms with Gasteiger partial charge in [0, 0.05) is 17.2 Å². The van der Waals surface area contributed by atoms with Crippen molar-refractivity contribution in [2.75, 3.05) is 0 Å². The second-order valence-electron chi connectivity index (χ2n) is 5.88. The van der Waals surface area contributed by atoms with E-state index in [1.807, 2.05) is 24.5 Å². The van der Waals surface area contributed by atoms with Crippen LogP contribution in [-0.4, -0.2) is 19.7 Å². The predicted molar refractivity (Wildman–Crippen MR) is 88.8 cm³/mol. The third kappa shape index (κ3) is 2.46. The molecule has 2 aromatic carbocycles. The van der Waals surface area contributed by atoms with E-state index in [0.29, 0.717) is 23.3 Å². The van der Waals surface area contributed by atoms with Crippen LogP contribution < -0.4 is 0 Å². The Morgan fingerprint density at radius 3 is 2.54 bits per heavy atom. The highest BCUT2D eigenvalue weighted by molar-refractivity contribution is 5.81. The van der Waals surface area contributed by atoms with Crippen molar-refractivity contribution in [3.8, 4) is 22.8 Å². The SMILES string of the molecule is CC(C)n1cnc2ccc(-c3noc(-c4ccc(F)cc4)n3)cc21. The maximum Gasteiger partial charge on any atom is 0.258 e. The van der Waals surface area contributed by atoms with Gasteiger partial charge in [0.25, 0.3) is 5.89 Å². The van der Waals surface area contributed by atoms with E-state index in [9.17, 15) is 4.39 Å². The lowest BCUT2D eigenvalue weighted by Crippen LogP contribution is -1.98. The number of benzene rings is 2. The number of rotatable bonds is 3. The van der Waals surface area contributed by atoms with E-state index in [4.69, 9.17) is 4.52 Å². The molecule has 0 atom stereocenters. The number of hydrogen-bond acceptors (Lipinski definition) is 4. The van der Waals surface area contributed by atoms with Gasteiger partial charge in [0.2, 0.25) is 5.82 Å². The molecule has 120 valence electrons. The summed E-state index contributed by atoms with van der Waals surface area (Å²) in [5.41, 5.74) is 3.48. The number of nitrogens with zero attached hydrogens (tertiary/aromatic N) is 4. The van der Waals surface area contributed by atoms with Crippen molar-refractivity contribution in [2.45, 2.75) is 19.9 Å². The summed E-state index contributed by atoms with van der Waals surface area (Å²) in [7, 11) is 0. The first-order valence-corrected chi connectivity index (χ1v) is 7.68. The van der Waals surface area contributed by atoms with Gasteiger partial charge in [-0.3, -0.25) is 0 Å². The van der Waals surface area contributed by atoms with Crippen LogP contribution in [0.1, 0.15) is 19.9 Å². The molecule has 0 saturated heterocycles. The molecule has 0 aliphatic heterocycles. The number of imidazole rings is 1. The Bertz CT molecular complexity index is 1000. The third-order valence-corrected chi connectivity index (χ3v) is 3.91. The molecule has 4 aromatic rings. The van der Waals surface area contributed by atoms with Crippen molar-refractivity contribution < 1.29 is 8.91 Å². The lowest BCUT2D eigenvalue weighted by molar-refractivity contribution is 0.432. The molecule has 0 saturated carbocycles. The first-order chi connectivity index (χ1) is 11.6. The molecule has 0 aliphatic rings. The molecule has 0 aliphatic carbocycles. The van der Waals surface area contributed by atoms with Gasteiger partial charge in [0.1, 0.15) is 5.82 Å². The Labute approximate surface area is 137 Å². The molecule has 0 bridgehead atoms. The Hall–Kier alpha value is -3.02. The highest BCUT2D eigenvalue weighted by Gasteiger charge is 2.13. The van der Waals surface area contributed by atoms with E-state index in [-0.39, 0.29) is 5.82 Å². The molecule has 0 spiro atoms. The van der Waals surface area contributed by atoms with Crippen molar-refractivity contribution >= 4 is 11.0 Å². The van der Waals surface area contributed by atoms with Crippen LogP contribution in [0.4, 0.5) is 4.39 Å². The average Bonchev–Trinajstić information content (AvgIpc) is 3.22. The fraction of sp³-hybridized carbons (Fsp3) is 0.167. The molecule has 0 fully saturated rings. The van der Waals surface area contributed by atoms with Crippen LogP contribution in [0.3, 0.4) is 0 Å². The monoisotopic (exact) mass is 322 g/mol. The van der Waals surface area contributed by atoms with Crippen molar-refractivity contribution in [3.05, 3.63) is 54.6 Å². The summed E-state index contributed by atoms with van der Waals surface area (Å²) < 4.78 is 20.4. The second-order valence-corrected chi connectivity index (χ2v) is 5.88. The number of aromatic nitrogens is 4. The van der Waals surface area contributed by atoms with Gasteiger partial charge in [-0.2, -0.15) is 4.98 Å². The molecule has 4 rings (SSSR count). The quantitative estimate of drug-likeness (QED) is 0.558. The van der Waals surface area contributed by atoms with Crippen molar-refractivity contribution in [1.82, 2.24) is 19.7 Å². The molecule has 2 aromatic heterocycles. The standard InChI is InChI=1S/C18H15FN4O/c1-11(2)23-10-20-15-8-5-13(9-16(15)23)17-21-18(24-22-17)12-3-6-14(19)7-4-12/h3-11H,1-2H3. The Morgan fingerprint density at radius 1 is 1.04 bits per heavy atom. The molecular formula is C18H15FN4O. The summed E-state index contributed by atoms with van der Waals surface area (Å²) in [6.07, 6.45) is 1.83. The van der Waals surface area contributed by atoms with Gasteiger partial charge >= 0.3 is 0 Å². The molecule has 2 heterocycles. The highest BCUT2D eigenvalue weighted by atomic mass is 19.1. The zero-order chi connectivity index (χ0) is 16.7. The van der Waals surface area contributed by atoms with Crippen LogP contribution in [0.25, 0.3) is 33.9 Å². The summed E-state index contributed by atoms with van der Waals surface area (Å²) in [6.45, 7) is 4.21. The normalized spacial score (nSPS) is 11.5. The zero-order valence-electron chi connectivity index (χ0n) is 13.3. The molecule has 0 amide bonds. The summed E-state index contributed by atoms with van der Waals surface area (Å²) >= 11 is 0. The molecular weight excluding hydrogens is 307 g/mol. The Kier molecular flexibility index (Phi) is 3.37. The van der Waals surface area contributed by atoms with E-state index < -0.39 is 0 Å². The third-order valence-electron chi connectivity index (χ3n) is 3.91. The number of hydrogen-bond donors (Lipinski definition) is 0. The van der Waals surface area contributed by atoms with Gasteiger partial charge < -0.3 is 9.09 Å². The van der Waals surface area contributed by atoms with Crippen molar-refractivity contribution in [1.29, 1.82) is 0 Å². The minimum Gasteiger partial charge on any atom is -0.334 e. The van der Waals surface area contributed by atoms with Crippen LogP contribution in [-0.2, 0) is 0 Å². The number of fused-ring (bicyclic) bond motifs is 1. The van der Waals surface area contributed by atoms with E-state index in [1.165, 1.54) is 12.1 Å². The topological polar surface area (TPSA) is 56.7 Å². The van der Waals surface area contributed by atoms with E-state index >= 15 is 0 Å². The van der Waals surface area contributed by atoms with Crippen molar-refractivity contribution in [3.63, 3.8) is 0 Å². The van der Waals surface area contributed by atoms with Crippen LogP contribution in [0.15, 0.2) is 53.3 Å². The summed E-state index contributed by atoms with van der Waals surface area (Å²) in [6, 6.07) is 12.1.